The van der Waals surface area contributed by atoms with Crippen molar-refractivity contribution >= 4 is 0 Å². The summed E-state index contributed by atoms with van der Waals surface area (Å²) in [5, 5.41) is 0. The van der Waals surface area contributed by atoms with Crippen molar-refractivity contribution in [3.05, 3.63) is 11.8 Å². The van der Waals surface area contributed by atoms with Crippen LogP contribution in [0.25, 0.3) is 0 Å². The van der Waals surface area contributed by atoms with Crippen LogP contribution in [0.2, 0.25) is 0 Å². The fraction of sp³-hybridized carbons (Fsp3) is 0.905. The molecule has 3 aliphatic rings. The average molecular weight is 321 g/mol. The van der Waals surface area contributed by atoms with Gasteiger partial charge in [-0.05, 0) is 106 Å². The van der Waals surface area contributed by atoms with Crippen LogP contribution in [0.4, 0.5) is 0 Å². The van der Waals surface area contributed by atoms with E-state index in [4.69, 9.17) is 9.47 Å². The van der Waals surface area contributed by atoms with Crippen LogP contribution in [0, 0.1) is 23.7 Å². The van der Waals surface area contributed by atoms with Crippen LogP contribution in [-0.4, -0.2) is 20.3 Å². The average Bonchev–Trinajstić information content (AvgIpc) is 2.63. The van der Waals surface area contributed by atoms with Crippen molar-refractivity contribution in [2.75, 3.05) is 14.2 Å². The number of ether oxygens (including phenoxy) is 2. The van der Waals surface area contributed by atoms with Gasteiger partial charge >= 0.3 is 0 Å². The van der Waals surface area contributed by atoms with E-state index in [1.54, 1.807) is 7.11 Å². The first-order valence-electron chi connectivity index (χ1n) is 10.0. The van der Waals surface area contributed by atoms with Crippen LogP contribution in [-0.2, 0) is 9.47 Å². The van der Waals surface area contributed by atoms with Gasteiger partial charge in [0.25, 0.3) is 0 Å². The van der Waals surface area contributed by atoms with E-state index in [-0.39, 0.29) is 0 Å². The second-order valence-corrected chi connectivity index (χ2v) is 8.30. The Balaban J connectivity index is 1.40. The maximum Gasteiger partial charge on any atom is 0.0816 e. The number of hydrogen-bond donors (Lipinski definition) is 0. The van der Waals surface area contributed by atoms with Crippen LogP contribution in [0.3, 0.4) is 0 Å². The third-order valence-electron chi connectivity index (χ3n) is 7.16. The van der Waals surface area contributed by atoms with Gasteiger partial charge in [-0.25, -0.2) is 0 Å². The summed E-state index contributed by atoms with van der Waals surface area (Å²) in [6.45, 7) is 0. The largest absolute Gasteiger partial charge is 0.504 e. The van der Waals surface area contributed by atoms with Crippen LogP contribution in [0.1, 0.15) is 77.0 Å². The Bertz CT molecular complexity index is 363. The molecule has 132 valence electrons. The lowest BCUT2D eigenvalue weighted by Gasteiger charge is -2.40. The fourth-order valence-electron chi connectivity index (χ4n) is 5.65. The molecule has 0 atom stereocenters. The van der Waals surface area contributed by atoms with E-state index in [9.17, 15) is 0 Å². The highest BCUT2D eigenvalue weighted by atomic mass is 16.5. The Morgan fingerprint density at radius 2 is 1.09 bits per heavy atom. The number of methoxy groups -OCH3 is 2. The predicted molar refractivity (Wildman–Crippen MR) is 95.3 cm³/mol. The Morgan fingerprint density at radius 1 is 0.652 bits per heavy atom. The topological polar surface area (TPSA) is 18.5 Å². The molecule has 3 rings (SSSR count). The van der Waals surface area contributed by atoms with Crippen molar-refractivity contribution in [2.24, 2.45) is 23.7 Å². The van der Waals surface area contributed by atoms with Gasteiger partial charge in [-0.15, -0.1) is 0 Å². The van der Waals surface area contributed by atoms with E-state index in [2.05, 4.69) is 0 Å². The van der Waals surface area contributed by atoms with Crippen LogP contribution >= 0.6 is 0 Å². The molecule has 0 aliphatic heterocycles. The molecule has 3 saturated carbocycles. The predicted octanol–water partition coefficient (Wildman–Crippen LogP) is 5.72. The van der Waals surface area contributed by atoms with E-state index in [1.165, 1.54) is 82.6 Å². The van der Waals surface area contributed by atoms with Crippen molar-refractivity contribution in [1.82, 2.24) is 0 Å². The molecule has 0 aromatic carbocycles. The monoisotopic (exact) mass is 320 g/mol. The lowest BCUT2D eigenvalue weighted by atomic mass is 9.66. The van der Waals surface area contributed by atoms with E-state index < -0.39 is 0 Å². The molecule has 0 saturated heterocycles. The molecule has 3 aliphatic carbocycles. The molecular weight excluding hydrogens is 284 g/mol. The quantitative estimate of drug-likeness (QED) is 0.617. The smallest absolute Gasteiger partial charge is 0.0816 e. The van der Waals surface area contributed by atoms with E-state index in [0.717, 1.165) is 23.7 Å². The van der Waals surface area contributed by atoms with Crippen LogP contribution in [0.15, 0.2) is 11.8 Å². The highest BCUT2D eigenvalue weighted by molar-refractivity contribution is 5.02. The highest BCUT2D eigenvalue weighted by Gasteiger charge is 2.34. The molecular formula is C21H36O2. The zero-order valence-corrected chi connectivity index (χ0v) is 15.3. The summed E-state index contributed by atoms with van der Waals surface area (Å²) in [5.41, 5.74) is 1.53. The van der Waals surface area contributed by atoms with Gasteiger partial charge < -0.3 is 9.47 Å². The molecule has 2 heteroatoms. The summed E-state index contributed by atoms with van der Waals surface area (Å²) in [5.74, 6) is 4.04. The second kappa shape index (κ2) is 8.55. The molecule has 0 heterocycles. The Kier molecular flexibility index (Phi) is 6.44. The first kappa shape index (κ1) is 17.3. The SMILES string of the molecule is COC=C1CCC(C2CCC(C3CCC(OC)CC3)CC2)CC1. The summed E-state index contributed by atoms with van der Waals surface area (Å²) in [7, 11) is 3.66. The van der Waals surface area contributed by atoms with Gasteiger partial charge in [-0.1, -0.05) is 0 Å². The number of allylic oxidation sites excluding steroid dienone is 1. The molecule has 0 spiro atoms. The molecule has 23 heavy (non-hydrogen) atoms. The van der Waals surface area contributed by atoms with Crippen molar-refractivity contribution in [1.29, 1.82) is 0 Å². The molecule has 3 fully saturated rings. The summed E-state index contributed by atoms with van der Waals surface area (Å²) < 4.78 is 10.7. The molecule has 0 unspecified atom stereocenters. The lowest BCUT2D eigenvalue weighted by molar-refractivity contribution is 0.0365. The maximum absolute atomic E-state index is 5.54. The fourth-order valence-corrected chi connectivity index (χ4v) is 5.65. The maximum atomic E-state index is 5.54. The van der Waals surface area contributed by atoms with Gasteiger partial charge in [0.15, 0.2) is 0 Å². The summed E-state index contributed by atoms with van der Waals surface area (Å²) in [4.78, 5) is 0. The second-order valence-electron chi connectivity index (χ2n) is 8.30. The Morgan fingerprint density at radius 3 is 1.52 bits per heavy atom. The number of hydrogen-bond acceptors (Lipinski definition) is 2. The first-order valence-corrected chi connectivity index (χ1v) is 10.0. The van der Waals surface area contributed by atoms with Gasteiger partial charge in [-0.2, -0.15) is 0 Å². The highest BCUT2D eigenvalue weighted by Crippen LogP contribution is 2.45. The minimum absolute atomic E-state index is 0.555. The van der Waals surface area contributed by atoms with Gasteiger partial charge in [0.1, 0.15) is 0 Å². The van der Waals surface area contributed by atoms with E-state index in [0.29, 0.717) is 6.10 Å². The van der Waals surface area contributed by atoms with Crippen molar-refractivity contribution in [2.45, 2.75) is 83.2 Å². The normalized spacial score (nSPS) is 39.0. The molecule has 0 aromatic heterocycles. The summed E-state index contributed by atoms with van der Waals surface area (Å²) in [6.07, 6.45) is 19.4. The molecule has 0 aromatic rings. The molecule has 0 amide bonds. The van der Waals surface area contributed by atoms with Gasteiger partial charge in [0.05, 0.1) is 19.5 Å². The molecule has 0 bridgehead atoms. The molecule has 0 radical (unpaired) electrons. The van der Waals surface area contributed by atoms with Crippen molar-refractivity contribution in [3.63, 3.8) is 0 Å². The van der Waals surface area contributed by atoms with Gasteiger partial charge in [0, 0.05) is 7.11 Å². The van der Waals surface area contributed by atoms with Crippen LogP contribution < -0.4 is 0 Å². The zero-order valence-electron chi connectivity index (χ0n) is 15.3. The molecule has 2 nitrogen and oxygen atoms in total. The van der Waals surface area contributed by atoms with E-state index in [1.807, 2.05) is 13.4 Å². The summed E-state index contributed by atoms with van der Waals surface area (Å²) in [6, 6.07) is 0. The van der Waals surface area contributed by atoms with Gasteiger partial charge in [0.2, 0.25) is 0 Å². The Labute approximate surface area is 143 Å². The minimum Gasteiger partial charge on any atom is -0.504 e. The van der Waals surface area contributed by atoms with Crippen molar-refractivity contribution in [3.8, 4) is 0 Å². The minimum atomic E-state index is 0.555. The first-order chi connectivity index (χ1) is 11.3. The van der Waals surface area contributed by atoms with Crippen LogP contribution in [0.5, 0.6) is 0 Å². The number of rotatable bonds is 4. The molecule has 0 N–H and O–H groups in total. The van der Waals surface area contributed by atoms with E-state index >= 15 is 0 Å². The summed E-state index contributed by atoms with van der Waals surface area (Å²) >= 11 is 0. The Hall–Kier alpha value is -0.500. The third kappa shape index (κ3) is 4.53. The standard InChI is InChI=1S/C21H36O2/c1-22-15-16-3-5-17(6-4-16)18-7-9-19(10-8-18)20-11-13-21(23-2)14-12-20/h15,17-21H,3-14H2,1-2H3. The lowest BCUT2D eigenvalue weighted by Crippen LogP contribution is -2.30. The van der Waals surface area contributed by atoms with Crippen molar-refractivity contribution < 1.29 is 9.47 Å². The van der Waals surface area contributed by atoms with Gasteiger partial charge in [-0.3, -0.25) is 0 Å². The third-order valence-corrected chi connectivity index (χ3v) is 7.16. The zero-order chi connectivity index (χ0) is 16.1.